The highest BCUT2D eigenvalue weighted by molar-refractivity contribution is 7.99. The predicted octanol–water partition coefficient (Wildman–Crippen LogP) is 4.26. The fourth-order valence-electron chi connectivity index (χ4n) is 3.55. The molecule has 7 heteroatoms. The maximum absolute atomic E-state index is 12.3. The number of carbonyl (C=O) groups is 1. The molecule has 0 atom stereocenters. The van der Waals surface area contributed by atoms with Crippen LogP contribution in [0.1, 0.15) is 43.5 Å². The number of anilines is 1. The third-order valence-corrected chi connectivity index (χ3v) is 5.58. The molecule has 0 unspecified atom stereocenters. The molecule has 1 saturated carbocycles. The molecule has 1 aromatic heterocycles. The molecule has 1 N–H and O–H groups in total. The van der Waals surface area contributed by atoms with Crippen LogP contribution in [0.3, 0.4) is 0 Å². The Kier molecular flexibility index (Phi) is 4.95. The number of aryl methyl sites for hydroxylation is 2. The normalized spacial score (nSPS) is 17.1. The third kappa shape index (κ3) is 4.18. The highest BCUT2D eigenvalue weighted by atomic mass is 32.2. The average molecular weight is 385 g/mol. The van der Waals surface area contributed by atoms with Gasteiger partial charge in [0.05, 0.1) is 5.75 Å². The Morgan fingerprint density at radius 3 is 2.52 bits per heavy atom. The van der Waals surface area contributed by atoms with Crippen LogP contribution in [-0.4, -0.2) is 27.4 Å². The van der Waals surface area contributed by atoms with Gasteiger partial charge in [-0.15, -0.1) is 0 Å². The molecule has 1 spiro atoms. The lowest BCUT2D eigenvalue weighted by Gasteiger charge is -2.31. The van der Waals surface area contributed by atoms with Crippen LogP contribution < -0.4 is 14.8 Å². The number of benzene rings is 1. The summed E-state index contributed by atoms with van der Waals surface area (Å²) in [6, 6.07) is 7.47. The van der Waals surface area contributed by atoms with Gasteiger partial charge in [0, 0.05) is 36.0 Å². The molecule has 1 aliphatic heterocycles. The summed E-state index contributed by atoms with van der Waals surface area (Å²) in [5, 5.41) is 3.53. The van der Waals surface area contributed by atoms with Crippen LogP contribution in [0.25, 0.3) is 0 Å². The number of ether oxygens (including phenoxy) is 2. The molecule has 0 radical (unpaired) electrons. The molecule has 6 nitrogen and oxygen atoms in total. The van der Waals surface area contributed by atoms with Crippen LogP contribution in [0, 0.1) is 13.8 Å². The van der Waals surface area contributed by atoms with Gasteiger partial charge in [0.15, 0.2) is 16.7 Å². The summed E-state index contributed by atoms with van der Waals surface area (Å²) in [5.74, 6) is 1.11. The van der Waals surface area contributed by atoms with Crippen LogP contribution in [0.15, 0.2) is 29.4 Å². The fraction of sp³-hybridized carbons (Fsp3) is 0.450. The van der Waals surface area contributed by atoms with Gasteiger partial charge < -0.3 is 14.8 Å². The molecule has 4 rings (SSSR count). The molecule has 0 saturated heterocycles. The number of thioether (sulfide) groups is 1. The van der Waals surface area contributed by atoms with Gasteiger partial charge in [-0.2, -0.15) is 0 Å². The lowest BCUT2D eigenvalue weighted by Crippen LogP contribution is -2.40. The SMILES string of the molecule is Cc1cc(C)nc(SCC(=O)Nc2ccc3c(c2)OC2(CCCCC2)O3)n1. The van der Waals surface area contributed by atoms with Crippen molar-refractivity contribution in [1.29, 1.82) is 0 Å². The molecule has 0 bridgehead atoms. The van der Waals surface area contributed by atoms with Gasteiger partial charge in [-0.1, -0.05) is 18.2 Å². The van der Waals surface area contributed by atoms with Gasteiger partial charge in [-0.3, -0.25) is 4.79 Å². The van der Waals surface area contributed by atoms with Crippen molar-refractivity contribution in [3.8, 4) is 11.5 Å². The van der Waals surface area contributed by atoms with Crippen molar-refractivity contribution in [2.24, 2.45) is 0 Å². The van der Waals surface area contributed by atoms with Crippen LogP contribution >= 0.6 is 11.8 Å². The van der Waals surface area contributed by atoms with E-state index in [9.17, 15) is 4.79 Å². The van der Waals surface area contributed by atoms with E-state index in [1.165, 1.54) is 18.2 Å². The number of amides is 1. The first-order valence-corrected chi connectivity index (χ1v) is 10.3. The monoisotopic (exact) mass is 385 g/mol. The molecule has 1 aromatic carbocycles. The van der Waals surface area contributed by atoms with Gasteiger partial charge in [-0.25, -0.2) is 9.97 Å². The maximum atomic E-state index is 12.3. The largest absolute Gasteiger partial charge is 0.448 e. The summed E-state index contributed by atoms with van der Waals surface area (Å²) in [7, 11) is 0. The van der Waals surface area contributed by atoms with Crippen LogP contribution in [0.5, 0.6) is 11.5 Å². The third-order valence-electron chi connectivity index (χ3n) is 4.73. The molecular weight excluding hydrogens is 362 g/mol. The van der Waals surface area contributed by atoms with E-state index in [2.05, 4.69) is 15.3 Å². The van der Waals surface area contributed by atoms with E-state index in [0.717, 1.165) is 42.8 Å². The second-order valence-corrected chi connectivity index (χ2v) is 8.05. The van der Waals surface area contributed by atoms with E-state index in [0.29, 0.717) is 16.6 Å². The number of rotatable bonds is 4. The number of nitrogens with zero attached hydrogens (tertiary/aromatic N) is 2. The smallest absolute Gasteiger partial charge is 0.251 e. The molecule has 2 aromatic rings. The Labute approximate surface area is 163 Å². The highest BCUT2D eigenvalue weighted by Gasteiger charge is 2.42. The van der Waals surface area contributed by atoms with E-state index in [1.807, 2.05) is 38.1 Å². The Bertz CT molecular complexity index is 845. The number of aromatic nitrogens is 2. The average Bonchev–Trinajstić information content (AvgIpc) is 2.96. The quantitative estimate of drug-likeness (QED) is 0.626. The minimum absolute atomic E-state index is 0.103. The number of carbonyl (C=O) groups excluding carboxylic acids is 1. The standard InChI is InChI=1S/C20H23N3O3S/c1-13-10-14(2)22-19(21-13)27-12-18(24)23-15-6-7-16-17(11-15)26-20(25-16)8-4-3-5-9-20/h6-7,10-11H,3-5,8-9,12H2,1-2H3,(H,23,24). The van der Waals surface area contributed by atoms with Crippen molar-refractivity contribution in [1.82, 2.24) is 9.97 Å². The first kappa shape index (κ1) is 18.1. The number of fused-ring (bicyclic) bond motifs is 1. The van der Waals surface area contributed by atoms with Crippen molar-refractivity contribution in [2.75, 3.05) is 11.1 Å². The van der Waals surface area contributed by atoms with Gasteiger partial charge in [-0.05, 0) is 44.9 Å². The Morgan fingerprint density at radius 1 is 1.07 bits per heavy atom. The summed E-state index contributed by atoms with van der Waals surface area (Å²) in [4.78, 5) is 21.0. The second-order valence-electron chi connectivity index (χ2n) is 7.11. The van der Waals surface area contributed by atoms with Crippen molar-refractivity contribution < 1.29 is 14.3 Å². The number of hydrogen-bond acceptors (Lipinski definition) is 6. The van der Waals surface area contributed by atoms with Gasteiger partial charge in [0.25, 0.3) is 5.79 Å². The zero-order valence-electron chi connectivity index (χ0n) is 15.6. The lowest BCUT2D eigenvalue weighted by molar-refractivity contribution is -0.113. The summed E-state index contributed by atoms with van der Waals surface area (Å²) < 4.78 is 12.2. The molecule has 1 fully saturated rings. The van der Waals surface area contributed by atoms with Crippen LogP contribution in [0.4, 0.5) is 5.69 Å². The van der Waals surface area contributed by atoms with E-state index < -0.39 is 5.79 Å². The lowest BCUT2D eigenvalue weighted by atomic mass is 9.94. The predicted molar refractivity (Wildman–Crippen MR) is 104 cm³/mol. The molecule has 142 valence electrons. The van der Waals surface area contributed by atoms with Crippen LogP contribution in [0.2, 0.25) is 0 Å². The minimum Gasteiger partial charge on any atom is -0.448 e. The van der Waals surface area contributed by atoms with E-state index >= 15 is 0 Å². The van der Waals surface area contributed by atoms with E-state index in [4.69, 9.17) is 9.47 Å². The minimum atomic E-state index is -0.501. The van der Waals surface area contributed by atoms with Crippen molar-refractivity contribution in [2.45, 2.75) is 56.9 Å². The fourth-order valence-corrected chi connectivity index (χ4v) is 4.30. The van der Waals surface area contributed by atoms with Gasteiger partial charge in [0.2, 0.25) is 5.91 Å². The zero-order chi connectivity index (χ0) is 18.9. The van der Waals surface area contributed by atoms with Crippen molar-refractivity contribution in [3.63, 3.8) is 0 Å². The van der Waals surface area contributed by atoms with Crippen molar-refractivity contribution in [3.05, 3.63) is 35.7 Å². The Balaban J connectivity index is 1.36. The second kappa shape index (κ2) is 7.38. The molecule has 1 amide bonds. The molecule has 2 heterocycles. The summed E-state index contributed by atoms with van der Waals surface area (Å²) in [6.07, 6.45) is 5.30. The van der Waals surface area contributed by atoms with Gasteiger partial charge in [0.1, 0.15) is 0 Å². The number of hydrogen-bond donors (Lipinski definition) is 1. The Hall–Kier alpha value is -2.28. The molecular formula is C20H23N3O3S. The van der Waals surface area contributed by atoms with Gasteiger partial charge >= 0.3 is 0 Å². The van der Waals surface area contributed by atoms with Crippen molar-refractivity contribution >= 4 is 23.4 Å². The Morgan fingerprint density at radius 2 is 1.78 bits per heavy atom. The summed E-state index contributed by atoms with van der Waals surface area (Å²) in [5.41, 5.74) is 2.51. The van der Waals surface area contributed by atoms with E-state index in [-0.39, 0.29) is 11.7 Å². The highest BCUT2D eigenvalue weighted by Crippen LogP contribution is 2.46. The first-order chi connectivity index (χ1) is 13.0. The summed E-state index contributed by atoms with van der Waals surface area (Å²) >= 11 is 1.33. The molecule has 1 aliphatic carbocycles. The topological polar surface area (TPSA) is 73.3 Å². The van der Waals surface area contributed by atoms with E-state index in [1.54, 1.807) is 0 Å². The summed E-state index contributed by atoms with van der Waals surface area (Å²) in [6.45, 7) is 3.84. The van der Waals surface area contributed by atoms with Crippen LogP contribution in [-0.2, 0) is 4.79 Å². The molecule has 27 heavy (non-hydrogen) atoms. The maximum Gasteiger partial charge on any atom is 0.251 e. The number of nitrogens with one attached hydrogen (secondary N) is 1. The molecule has 2 aliphatic rings. The zero-order valence-corrected chi connectivity index (χ0v) is 16.4. The first-order valence-electron chi connectivity index (χ1n) is 9.28.